The first-order valence-corrected chi connectivity index (χ1v) is 14.1. The lowest BCUT2D eigenvalue weighted by Gasteiger charge is -2.30. The average Bonchev–Trinajstić information content (AvgIpc) is 3.25. The van der Waals surface area contributed by atoms with Crippen molar-refractivity contribution in [2.24, 2.45) is 17.4 Å². The summed E-state index contributed by atoms with van der Waals surface area (Å²) in [7, 11) is 2.06. The summed E-state index contributed by atoms with van der Waals surface area (Å²) in [6, 6.07) is 0.780. The molecule has 230 valence electrons. The van der Waals surface area contributed by atoms with E-state index in [1.807, 2.05) is 48.5 Å². The van der Waals surface area contributed by atoms with Crippen molar-refractivity contribution >= 4 is 18.4 Å². The maximum absolute atomic E-state index is 10.7. The molecule has 0 bridgehead atoms. The topological polar surface area (TPSA) is 154 Å². The van der Waals surface area contributed by atoms with Gasteiger partial charge >= 0.3 is 0 Å². The molecule has 0 atom stereocenters. The zero-order chi connectivity index (χ0) is 32.0. The molecule has 0 unspecified atom stereocenters. The van der Waals surface area contributed by atoms with Crippen LogP contribution in [0.25, 0.3) is 0 Å². The Labute approximate surface area is 240 Å². The van der Waals surface area contributed by atoms with Crippen LogP contribution in [0, 0.1) is 25.2 Å². The molecule has 0 spiro atoms. The number of aldehydes is 1. The lowest BCUT2D eigenvalue weighted by Crippen LogP contribution is -2.40. The van der Waals surface area contributed by atoms with Crippen molar-refractivity contribution in [1.82, 2.24) is 20.2 Å². The van der Waals surface area contributed by atoms with E-state index in [0.29, 0.717) is 17.8 Å². The predicted octanol–water partition coefficient (Wildman–Crippen LogP) is 5.52. The van der Waals surface area contributed by atoms with Crippen molar-refractivity contribution in [2.75, 3.05) is 26.7 Å². The highest BCUT2D eigenvalue weighted by molar-refractivity contribution is 6.20. The molecule has 1 saturated heterocycles. The number of allylic oxidation sites excluding steroid dienone is 3. The smallest absolute Gasteiger partial charge is 0.204 e. The van der Waals surface area contributed by atoms with E-state index in [1.54, 1.807) is 13.0 Å². The Hall–Kier alpha value is -2.78. The predicted molar refractivity (Wildman–Crippen MR) is 171 cm³/mol. The van der Waals surface area contributed by atoms with Gasteiger partial charge in [-0.3, -0.25) is 15.0 Å². The van der Waals surface area contributed by atoms with Gasteiger partial charge in [-0.05, 0) is 73.1 Å². The molecule has 0 radical (unpaired) electrons. The molecule has 39 heavy (non-hydrogen) atoms. The average molecular weight is 554 g/mol. The van der Waals surface area contributed by atoms with E-state index < -0.39 is 0 Å². The van der Waals surface area contributed by atoms with E-state index in [9.17, 15) is 4.79 Å². The first-order valence-electron chi connectivity index (χ1n) is 14.1. The third-order valence-corrected chi connectivity index (χ3v) is 4.62. The number of carbonyl (C=O) groups excluding carboxylic acids is 2. The van der Waals surface area contributed by atoms with Crippen LogP contribution in [0.5, 0.6) is 0 Å². The molecule has 1 aromatic rings. The number of carbonyl (C=O) groups is 2. The van der Waals surface area contributed by atoms with Gasteiger partial charge in [0.15, 0.2) is 12.1 Å². The molecule has 7 N–H and O–H groups in total. The van der Waals surface area contributed by atoms with E-state index >= 15 is 0 Å². The molecule has 1 aromatic heterocycles. The van der Waals surface area contributed by atoms with Gasteiger partial charge in [0.1, 0.15) is 5.71 Å². The number of hydrogen-bond donors (Lipinski definition) is 5. The fraction of sp³-hybridized carbons (Fsp3) is 0.667. The Kier molecular flexibility index (Phi) is 39.3. The van der Waals surface area contributed by atoms with Crippen molar-refractivity contribution in [3.05, 3.63) is 41.1 Å². The number of amides is 1. The molecule has 9 heteroatoms. The number of nitrogens with two attached hydrogens (primary N) is 2. The van der Waals surface area contributed by atoms with Crippen LogP contribution in [0.4, 0.5) is 0 Å². The van der Waals surface area contributed by atoms with Crippen molar-refractivity contribution in [2.45, 2.75) is 102 Å². The van der Waals surface area contributed by atoms with Crippen LogP contribution in [0.15, 0.2) is 23.9 Å². The number of rotatable bonds is 5. The highest BCUT2D eigenvalue weighted by atomic mass is 16.1. The minimum atomic E-state index is 0.0289. The molecule has 1 amide bonds. The van der Waals surface area contributed by atoms with Crippen molar-refractivity contribution < 1.29 is 9.59 Å². The molecule has 2 heterocycles. The number of piperidine rings is 1. The van der Waals surface area contributed by atoms with E-state index in [-0.39, 0.29) is 17.7 Å². The molecule has 1 fully saturated rings. The summed E-state index contributed by atoms with van der Waals surface area (Å²) in [6.07, 6.45) is 5.22. The highest BCUT2D eigenvalue weighted by Gasteiger charge is 2.15. The minimum Gasteiger partial charge on any atom is -0.402 e. The maximum Gasteiger partial charge on any atom is 0.204 e. The minimum absolute atomic E-state index is 0.0289. The second kappa shape index (κ2) is 33.2. The van der Waals surface area contributed by atoms with Crippen LogP contribution in [-0.2, 0) is 9.59 Å². The summed E-state index contributed by atoms with van der Waals surface area (Å²) in [6.45, 7) is 31.0. The van der Waals surface area contributed by atoms with Crippen LogP contribution in [0.3, 0.4) is 0 Å². The van der Waals surface area contributed by atoms with E-state index in [1.165, 1.54) is 32.5 Å². The van der Waals surface area contributed by atoms with Gasteiger partial charge < -0.3 is 26.7 Å². The molecule has 2 rings (SSSR count). The van der Waals surface area contributed by atoms with Crippen LogP contribution >= 0.6 is 0 Å². The second-order valence-electron chi connectivity index (χ2n) is 8.66. The zero-order valence-electron chi connectivity index (χ0n) is 27.5. The van der Waals surface area contributed by atoms with Gasteiger partial charge in [-0.25, -0.2) is 4.98 Å². The lowest BCUT2D eigenvalue weighted by molar-refractivity contribution is -0.107. The Morgan fingerprint density at radius 1 is 1.18 bits per heavy atom. The summed E-state index contributed by atoms with van der Waals surface area (Å²) in [5.41, 5.74) is 11.9. The first-order chi connectivity index (χ1) is 18.4. The van der Waals surface area contributed by atoms with Crippen LogP contribution < -0.4 is 16.8 Å². The third kappa shape index (κ3) is 28.1. The number of aryl methyl sites for hydroxylation is 2. The number of nitrogens with zero attached hydrogens (tertiary/aromatic N) is 2. The number of imidazole rings is 1. The zero-order valence-corrected chi connectivity index (χ0v) is 27.5. The van der Waals surface area contributed by atoms with Crippen LogP contribution in [0.1, 0.15) is 99.3 Å². The number of likely N-dealkylation sites (tertiary alicyclic amines) is 1. The van der Waals surface area contributed by atoms with Gasteiger partial charge in [0.25, 0.3) is 0 Å². The van der Waals surface area contributed by atoms with Gasteiger partial charge in [0.2, 0.25) is 6.41 Å². The summed E-state index contributed by atoms with van der Waals surface area (Å²) in [5.74, 6) is 1.21. The number of hydrogen-bond acceptors (Lipinski definition) is 7. The molecule has 1 aliphatic heterocycles. The monoisotopic (exact) mass is 554 g/mol. The summed E-state index contributed by atoms with van der Waals surface area (Å²) in [4.78, 5) is 28.9. The summed E-state index contributed by atoms with van der Waals surface area (Å²) < 4.78 is 0. The fourth-order valence-corrected chi connectivity index (χ4v) is 2.68. The lowest BCUT2D eigenvalue weighted by atomic mass is 10.1. The largest absolute Gasteiger partial charge is 0.402 e. The van der Waals surface area contributed by atoms with Crippen molar-refractivity contribution in [3.8, 4) is 0 Å². The van der Waals surface area contributed by atoms with Crippen LogP contribution in [0.2, 0.25) is 0 Å². The van der Waals surface area contributed by atoms with Gasteiger partial charge in [-0.1, -0.05) is 61.5 Å². The van der Waals surface area contributed by atoms with Gasteiger partial charge in [-0.2, -0.15) is 0 Å². The quantitative estimate of drug-likeness (QED) is 0.140. The van der Waals surface area contributed by atoms with Gasteiger partial charge in [0.05, 0.1) is 11.3 Å². The Bertz CT molecular complexity index is 704. The number of primary amides is 1. The van der Waals surface area contributed by atoms with Crippen molar-refractivity contribution in [1.29, 1.82) is 5.41 Å². The van der Waals surface area contributed by atoms with Gasteiger partial charge in [0, 0.05) is 17.4 Å². The molecule has 9 nitrogen and oxygen atoms in total. The summed E-state index contributed by atoms with van der Waals surface area (Å²) >= 11 is 0. The molecule has 0 aromatic carbocycles. The Morgan fingerprint density at radius 2 is 1.56 bits per heavy atom. The number of aromatic nitrogens is 2. The molecular formula is C30H63N7O2. The standard InChI is InChI=1S/C10H14N4O.C8H18N2.C4H10.C3H6.2C2H6.CH3NO/c1-5(11)8(4-15)9(12)10-13-6(2)7(3)14-10;1-3-10-6-4-8(9-2)5-7-10;1-4(2)3;1-3-2;2*1-2;2-1-3/h4,12H,11H2,1-3H3,(H,13,14);8-9H,3-7H2,1-2H3;4H,1-3H3;3H,1H2,2H3;2*1-2H3;1H,(H2,2,3)/b8-5-,12-9?;;;;;;. The van der Waals surface area contributed by atoms with Gasteiger partial charge in [-0.15, -0.1) is 6.58 Å². The molecule has 0 saturated carbocycles. The fourth-order valence-electron chi connectivity index (χ4n) is 2.68. The Morgan fingerprint density at radius 3 is 1.79 bits per heavy atom. The molecule has 0 aliphatic carbocycles. The van der Waals surface area contributed by atoms with E-state index in [4.69, 9.17) is 15.9 Å². The maximum atomic E-state index is 10.7. The third-order valence-electron chi connectivity index (χ3n) is 4.62. The SMILES string of the molecule is C/C(N)=C(\C=O)C(=N)c1nc(C)c(C)[nH]1.C=CC.CC.CC.CC(C)C.CCN1CCC(NC)CC1.NC=O. The molecular weight excluding hydrogens is 490 g/mol. The Balaban J connectivity index is -0.000000138. The van der Waals surface area contributed by atoms with E-state index in [0.717, 1.165) is 23.3 Å². The van der Waals surface area contributed by atoms with Crippen molar-refractivity contribution in [3.63, 3.8) is 0 Å². The highest BCUT2D eigenvalue weighted by Crippen LogP contribution is 2.09. The second-order valence-corrected chi connectivity index (χ2v) is 8.66. The van der Waals surface area contributed by atoms with E-state index in [2.05, 4.69) is 67.2 Å². The number of nitrogens with one attached hydrogen (secondary N) is 3. The first kappa shape index (κ1) is 46.1. The summed E-state index contributed by atoms with van der Waals surface area (Å²) in [5, 5.41) is 11.1. The van der Waals surface area contributed by atoms with Crippen LogP contribution in [-0.4, -0.2) is 66.0 Å². The molecule has 1 aliphatic rings. The number of aromatic amines is 1. The number of H-pyrrole nitrogens is 1. The normalized spacial score (nSPS) is 12.6.